The Labute approximate surface area is 109 Å². The third-order valence-electron chi connectivity index (χ3n) is 1.94. The monoisotopic (exact) mass is 323 g/mol. The van der Waals surface area contributed by atoms with Gasteiger partial charge in [0.1, 0.15) is 0 Å². The van der Waals surface area contributed by atoms with Crippen LogP contribution in [0.1, 0.15) is 6.42 Å². The third-order valence-corrected chi connectivity index (χ3v) is 4.64. The van der Waals surface area contributed by atoms with E-state index < -0.39 is 10.0 Å². The molecule has 6 heteroatoms. The summed E-state index contributed by atoms with van der Waals surface area (Å²) in [6.45, 7) is 0.485. The number of benzene rings is 1. The Hall–Kier alpha value is -0.0400. The highest BCUT2D eigenvalue weighted by molar-refractivity contribution is 9.10. The number of rotatable bonds is 6. The van der Waals surface area contributed by atoms with Crippen molar-refractivity contribution in [3.8, 4) is 0 Å². The van der Waals surface area contributed by atoms with Crippen molar-refractivity contribution in [3.63, 3.8) is 0 Å². The molecule has 0 amide bonds. The van der Waals surface area contributed by atoms with Crippen molar-refractivity contribution in [2.24, 2.45) is 0 Å². The van der Waals surface area contributed by atoms with E-state index in [2.05, 4.69) is 20.7 Å². The molecule has 0 radical (unpaired) electrons. The second kappa shape index (κ2) is 6.64. The molecule has 3 nitrogen and oxygen atoms in total. The average molecular weight is 324 g/mol. The minimum Gasteiger partial charge on any atom is -0.211 e. The van der Waals surface area contributed by atoms with Crippen LogP contribution in [0.15, 0.2) is 33.6 Å². The van der Waals surface area contributed by atoms with E-state index in [0.717, 1.165) is 16.6 Å². The molecule has 1 rings (SSSR count). The zero-order valence-corrected chi connectivity index (χ0v) is 12.2. The molecule has 0 saturated carbocycles. The van der Waals surface area contributed by atoms with Gasteiger partial charge in [-0.1, -0.05) is 15.9 Å². The SMILES string of the molecule is CSCCCNS(=O)(=O)c1ccc(Br)cc1. The molecule has 0 aliphatic carbocycles. The molecule has 90 valence electrons. The zero-order valence-electron chi connectivity index (χ0n) is 8.94. The van der Waals surface area contributed by atoms with Gasteiger partial charge in [-0.2, -0.15) is 11.8 Å². The zero-order chi connectivity index (χ0) is 12.0. The minimum absolute atomic E-state index is 0.305. The van der Waals surface area contributed by atoms with Crippen LogP contribution in [-0.4, -0.2) is 27.0 Å². The quantitative estimate of drug-likeness (QED) is 0.818. The smallest absolute Gasteiger partial charge is 0.211 e. The first-order chi connectivity index (χ1) is 7.56. The van der Waals surface area contributed by atoms with Gasteiger partial charge in [0, 0.05) is 11.0 Å². The molecule has 16 heavy (non-hydrogen) atoms. The third kappa shape index (κ3) is 4.45. The number of halogens is 1. The molecule has 1 aromatic carbocycles. The van der Waals surface area contributed by atoms with Crippen LogP contribution in [0.3, 0.4) is 0 Å². The maximum absolute atomic E-state index is 11.8. The van der Waals surface area contributed by atoms with Crippen LogP contribution in [-0.2, 0) is 10.0 Å². The molecule has 0 heterocycles. The van der Waals surface area contributed by atoms with Gasteiger partial charge in [-0.25, -0.2) is 13.1 Å². The summed E-state index contributed by atoms with van der Waals surface area (Å²) in [7, 11) is -3.34. The van der Waals surface area contributed by atoms with Crippen LogP contribution >= 0.6 is 27.7 Å². The molecule has 0 saturated heterocycles. The summed E-state index contributed by atoms with van der Waals surface area (Å²) in [6.07, 6.45) is 2.85. The van der Waals surface area contributed by atoms with Crippen LogP contribution < -0.4 is 4.72 Å². The Morgan fingerprint density at radius 2 is 1.94 bits per heavy atom. The lowest BCUT2D eigenvalue weighted by molar-refractivity contribution is 0.581. The minimum atomic E-state index is -3.34. The predicted molar refractivity (Wildman–Crippen MR) is 72.3 cm³/mol. The van der Waals surface area contributed by atoms with Gasteiger partial charge in [0.25, 0.3) is 0 Å². The van der Waals surface area contributed by atoms with Crippen molar-refractivity contribution in [2.45, 2.75) is 11.3 Å². The molecule has 1 aromatic rings. The summed E-state index contributed by atoms with van der Waals surface area (Å²) in [6, 6.07) is 6.61. The van der Waals surface area contributed by atoms with Gasteiger partial charge < -0.3 is 0 Å². The van der Waals surface area contributed by atoms with Crippen LogP contribution in [0.5, 0.6) is 0 Å². The van der Waals surface area contributed by atoms with Gasteiger partial charge in [0.15, 0.2) is 0 Å². The highest BCUT2D eigenvalue weighted by Gasteiger charge is 2.12. The predicted octanol–water partition coefficient (Wildman–Crippen LogP) is 2.48. The normalized spacial score (nSPS) is 11.6. The summed E-state index contributed by atoms with van der Waals surface area (Å²) in [5, 5.41) is 0. The maximum atomic E-state index is 11.8. The molecule has 0 unspecified atom stereocenters. The molecule has 0 spiro atoms. The second-order valence-electron chi connectivity index (χ2n) is 3.20. The van der Waals surface area contributed by atoms with E-state index in [-0.39, 0.29) is 0 Å². The highest BCUT2D eigenvalue weighted by Crippen LogP contribution is 2.14. The largest absolute Gasteiger partial charge is 0.240 e. The summed E-state index contributed by atoms with van der Waals surface area (Å²) in [5.41, 5.74) is 0. The van der Waals surface area contributed by atoms with Crippen LogP contribution in [0, 0.1) is 0 Å². The molecular formula is C10H14BrNO2S2. The van der Waals surface area contributed by atoms with Crippen molar-refractivity contribution in [3.05, 3.63) is 28.7 Å². The van der Waals surface area contributed by atoms with E-state index in [9.17, 15) is 8.42 Å². The number of thioether (sulfide) groups is 1. The summed E-state index contributed by atoms with van der Waals surface area (Å²) < 4.78 is 27.0. The van der Waals surface area contributed by atoms with Crippen LogP contribution in [0.4, 0.5) is 0 Å². The lowest BCUT2D eigenvalue weighted by Crippen LogP contribution is -2.25. The van der Waals surface area contributed by atoms with Crippen molar-refractivity contribution in [1.29, 1.82) is 0 Å². The van der Waals surface area contributed by atoms with Crippen LogP contribution in [0.25, 0.3) is 0 Å². The standard InChI is InChI=1S/C10H14BrNO2S2/c1-15-8-2-7-12-16(13,14)10-5-3-9(11)4-6-10/h3-6,12H,2,7-8H2,1H3. The molecule has 0 bridgehead atoms. The van der Waals surface area contributed by atoms with E-state index in [4.69, 9.17) is 0 Å². The van der Waals surface area contributed by atoms with Crippen molar-refractivity contribution in [2.75, 3.05) is 18.6 Å². The molecule has 0 aliphatic heterocycles. The Kier molecular flexibility index (Phi) is 5.82. The van der Waals surface area contributed by atoms with Gasteiger partial charge in [0.2, 0.25) is 10.0 Å². The number of hydrogen-bond acceptors (Lipinski definition) is 3. The molecule has 0 aromatic heterocycles. The lowest BCUT2D eigenvalue weighted by atomic mass is 10.4. The second-order valence-corrected chi connectivity index (χ2v) is 6.87. The van der Waals surface area contributed by atoms with E-state index >= 15 is 0 Å². The first kappa shape index (κ1) is 14.0. The van der Waals surface area contributed by atoms with E-state index in [1.54, 1.807) is 36.0 Å². The number of sulfonamides is 1. The van der Waals surface area contributed by atoms with E-state index in [1.165, 1.54) is 0 Å². The van der Waals surface area contributed by atoms with Crippen molar-refractivity contribution < 1.29 is 8.42 Å². The fraction of sp³-hybridized carbons (Fsp3) is 0.400. The van der Waals surface area contributed by atoms with Gasteiger partial charge >= 0.3 is 0 Å². The number of nitrogens with one attached hydrogen (secondary N) is 1. The fourth-order valence-corrected chi connectivity index (χ4v) is 2.89. The fourth-order valence-electron chi connectivity index (χ4n) is 1.12. The van der Waals surface area contributed by atoms with Gasteiger partial charge in [-0.05, 0) is 42.7 Å². The van der Waals surface area contributed by atoms with Gasteiger partial charge in [0.05, 0.1) is 4.90 Å². The van der Waals surface area contributed by atoms with Crippen molar-refractivity contribution in [1.82, 2.24) is 4.72 Å². The Balaban J connectivity index is 2.60. The first-order valence-corrected chi connectivity index (χ1v) is 8.47. The number of hydrogen-bond donors (Lipinski definition) is 1. The van der Waals surface area contributed by atoms with Gasteiger partial charge in [-0.3, -0.25) is 0 Å². The molecule has 0 aliphatic rings. The van der Waals surface area contributed by atoms with Crippen LogP contribution in [0.2, 0.25) is 0 Å². The van der Waals surface area contributed by atoms with Gasteiger partial charge in [-0.15, -0.1) is 0 Å². The molecule has 0 fully saturated rings. The maximum Gasteiger partial charge on any atom is 0.240 e. The summed E-state index contributed by atoms with van der Waals surface area (Å²) in [4.78, 5) is 0.305. The molecular weight excluding hydrogens is 310 g/mol. The van der Waals surface area contributed by atoms with E-state index in [1.807, 2.05) is 6.26 Å². The summed E-state index contributed by atoms with van der Waals surface area (Å²) in [5.74, 6) is 0.961. The summed E-state index contributed by atoms with van der Waals surface area (Å²) >= 11 is 4.98. The van der Waals surface area contributed by atoms with E-state index in [0.29, 0.717) is 11.4 Å². The Morgan fingerprint density at radius 1 is 1.31 bits per heavy atom. The van der Waals surface area contributed by atoms with Crippen molar-refractivity contribution >= 4 is 37.7 Å². The molecule has 0 atom stereocenters. The Morgan fingerprint density at radius 3 is 2.50 bits per heavy atom. The average Bonchev–Trinajstić information content (AvgIpc) is 2.25. The molecule has 1 N–H and O–H groups in total. The lowest BCUT2D eigenvalue weighted by Gasteiger charge is -2.06. The Bertz CT molecular complexity index is 417. The highest BCUT2D eigenvalue weighted by atomic mass is 79.9. The first-order valence-electron chi connectivity index (χ1n) is 4.80. The topological polar surface area (TPSA) is 46.2 Å².